The van der Waals surface area contributed by atoms with Crippen LogP contribution in [0.25, 0.3) is 0 Å². The first kappa shape index (κ1) is 16.5. The van der Waals surface area contributed by atoms with Gasteiger partial charge in [0.05, 0.1) is 6.10 Å². The molecule has 5 atom stereocenters. The summed E-state index contributed by atoms with van der Waals surface area (Å²) in [7, 11) is 0. The number of aliphatic hydroxyl groups is 1. The van der Waals surface area contributed by atoms with Crippen molar-refractivity contribution < 1.29 is 5.11 Å². The highest BCUT2D eigenvalue weighted by molar-refractivity contribution is 5.16. The Bertz CT molecular complexity index is 422. The molecule has 3 heteroatoms. The van der Waals surface area contributed by atoms with Gasteiger partial charge in [-0.3, -0.25) is 4.90 Å². The summed E-state index contributed by atoms with van der Waals surface area (Å²) >= 11 is 0. The molecule has 1 saturated heterocycles. The Hall–Kier alpha value is -0.900. The number of rotatable bonds is 5. The number of nitrogens with zero attached hydrogens (tertiary/aromatic N) is 1. The molecule has 0 radical (unpaired) electrons. The molecule has 1 aromatic carbocycles. The van der Waals surface area contributed by atoms with Gasteiger partial charge in [0.15, 0.2) is 0 Å². The van der Waals surface area contributed by atoms with Crippen LogP contribution in [0, 0.1) is 11.8 Å². The summed E-state index contributed by atoms with van der Waals surface area (Å²) in [6.07, 6.45) is 1.55. The number of hydrogen-bond acceptors (Lipinski definition) is 3. The van der Waals surface area contributed by atoms with Crippen molar-refractivity contribution in [2.45, 2.75) is 51.8 Å². The van der Waals surface area contributed by atoms with Crippen LogP contribution in [-0.2, 0) is 6.42 Å². The minimum atomic E-state index is -0.467. The summed E-state index contributed by atoms with van der Waals surface area (Å²) in [5.41, 5.74) is 7.40. The van der Waals surface area contributed by atoms with E-state index in [2.05, 4.69) is 37.8 Å². The van der Waals surface area contributed by atoms with Gasteiger partial charge in [0.2, 0.25) is 0 Å². The number of aliphatic hydroxyl groups excluding tert-OH is 1. The van der Waals surface area contributed by atoms with Crippen molar-refractivity contribution in [3.05, 3.63) is 35.9 Å². The molecule has 1 heterocycles. The second-order valence-corrected chi connectivity index (χ2v) is 6.93. The summed E-state index contributed by atoms with van der Waals surface area (Å²) in [5.74, 6) is 1.39. The number of benzene rings is 1. The van der Waals surface area contributed by atoms with E-state index in [4.69, 9.17) is 5.73 Å². The van der Waals surface area contributed by atoms with Crippen molar-refractivity contribution in [3.63, 3.8) is 0 Å². The first-order chi connectivity index (χ1) is 9.97. The highest BCUT2D eigenvalue weighted by atomic mass is 16.3. The van der Waals surface area contributed by atoms with E-state index in [9.17, 15) is 5.11 Å². The molecule has 1 aromatic rings. The third kappa shape index (κ3) is 4.53. The maximum Gasteiger partial charge on any atom is 0.0821 e. The zero-order valence-electron chi connectivity index (χ0n) is 13.6. The molecule has 1 fully saturated rings. The fourth-order valence-corrected chi connectivity index (χ4v) is 3.47. The number of piperidine rings is 1. The summed E-state index contributed by atoms with van der Waals surface area (Å²) in [6, 6.07) is 10.5. The molecule has 0 spiro atoms. The highest BCUT2D eigenvalue weighted by Gasteiger charge is 2.30. The maximum atomic E-state index is 10.5. The third-order valence-corrected chi connectivity index (χ3v) is 4.95. The van der Waals surface area contributed by atoms with Gasteiger partial charge in [0, 0.05) is 25.2 Å². The SMILES string of the molecule is CC1CC(C)C(C)N(CC(O)C(N)Cc2ccccc2)C1. The smallest absolute Gasteiger partial charge is 0.0821 e. The molecule has 2 rings (SSSR count). The fourth-order valence-electron chi connectivity index (χ4n) is 3.47. The first-order valence-corrected chi connectivity index (χ1v) is 8.19. The standard InChI is InChI=1S/C18H30N2O/c1-13-9-14(2)15(3)20(11-13)12-18(21)17(19)10-16-7-5-4-6-8-16/h4-8,13-15,17-18,21H,9-12,19H2,1-3H3. The topological polar surface area (TPSA) is 49.5 Å². The van der Waals surface area contributed by atoms with Crippen molar-refractivity contribution in [1.82, 2.24) is 4.90 Å². The van der Waals surface area contributed by atoms with Gasteiger partial charge in [0.25, 0.3) is 0 Å². The molecule has 0 bridgehead atoms. The van der Waals surface area contributed by atoms with E-state index in [1.54, 1.807) is 0 Å². The lowest BCUT2D eigenvalue weighted by molar-refractivity contribution is 0.0232. The lowest BCUT2D eigenvalue weighted by Gasteiger charge is -2.42. The molecule has 3 N–H and O–H groups in total. The second-order valence-electron chi connectivity index (χ2n) is 6.93. The highest BCUT2D eigenvalue weighted by Crippen LogP contribution is 2.27. The van der Waals surface area contributed by atoms with Crippen LogP contribution in [-0.4, -0.2) is 41.3 Å². The molecule has 21 heavy (non-hydrogen) atoms. The summed E-state index contributed by atoms with van der Waals surface area (Å²) in [6.45, 7) is 8.63. The van der Waals surface area contributed by atoms with E-state index in [0.29, 0.717) is 24.4 Å². The van der Waals surface area contributed by atoms with Crippen molar-refractivity contribution in [2.75, 3.05) is 13.1 Å². The van der Waals surface area contributed by atoms with Gasteiger partial charge >= 0.3 is 0 Å². The number of β-amino-alcohol motifs (C(OH)–C–C–N with tert-alkyl or cyclic N) is 1. The predicted molar refractivity (Wildman–Crippen MR) is 88.1 cm³/mol. The van der Waals surface area contributed by atoms with Crippen molar-refractivity contribution in [1.29, 1.82) is 0 Å². The van der Waals surface area contributed by atoms with Crippen LogP contribution in [0.2, 0.25) is 0 Å². The number of likely N-dealkylation sites (tertiary alicyclic amines) is 1. The minimum absolute atomic E-state index is 0.202. The van der Waals surface area contributed by atoms with Crippen LogP contribution in [0.15, 0.2) is 30.3 Å². The van der Waals surface area contributed by atoms with Gasteiger partial charge in [-0.25, -0.2) is 0 Å². The summed E-state index contributed by atoms with van der Waals surface area (Å²) < 4.78 is 0. The monoisotopic (exact) mass is 290 g/mol. The zero-order chi connectivity index (χ0) is 15.4. The molecule has 0 aliphatic carbocycles. The van der Waals surface area contributed by atoms with Gasteiger partial charge in [-0.1, -0.05) is 44.2 Å². The van der Waals surface area contributed by atoms with Crippen molar-refractivity contribution >= 4 is 0 Å². The predicted octanol–water partition coefficient (Wildman–Crippen LogP) is 2.28. The molecule has 0 aromatic heterocycles. The Balaban J connectivity index is 1.89. The molecule has 3 nitrogen and oxygen atoms in total. The molecule has 0 saturated carbocycles. The van der Waals surface area contributed by atoms with Crippen LogP contribution in [0.1, 0.15) is 32.8 Å². The summed E-state index contributed by atoms with van der Waals surface area (Å²) in [5, 5.41) is 10.5. The Labute approximate surface area is 129 Å². The van der Waals surface area contributed by atoms with Crippen LogP contribution < -0.4 is 5.73 Å². The quantitative estimate of drug-likeness (QED) is 0.875. The van der Waals surface area contributed by atoms with E-state index in [1.165, 1.54) is 12.0 Å². The van der Waals surface area contributed by atoms with Gasteiger partial charge in [-0.15, -0.1) is 0 Å². The zero-order valence-corrected chi connectivity index (χ0v) is 13.6. The lowest BCUT2D eigenvalue weighted by atomic mass is 9.85. The van der Waals surface area contributed by atoms with Crippen molar-refractivity contribution in [2.24, 2.45) is 17.6 Å². The van der Waals surface area contributed by atoms with Crippen LogP contribution >= 0.6 is 0 Å². The molecule has 1 aliphatic heterocycles. The van der Waals surface area contributed by atoms with E-state index in [-0.39, 0.29) is 6.04 Å². The molecule has 5 unspecified atom stereocenters. The molecule has 1 aliphatic rings. The van der Waals surface area contributed by atoms with E-state index < -0.39 is 6.10 Å². The summed E-state index contributed by atoms with van der Waals surface area (Å²) in [4.78, 5) is 2.41. The van der Waals surface area contributed by atoms with E-state index >= 15 is 0 Å². The maximum absolute atomic E-state index is 10.5. The van der Waals surface area contributed by atoms with Crippen LogP contribution in [0.5, 0.6) is 0 Å². The Kier molecular flexibility index (Phi) is 5.80. The minimum Gasteiger partial charge on any atom is -0.390 e. The number of nitrogens with two attached hydrogens (primary N) is 1. The van der Waals surface area contributed by atoms with Gasteiger partial charge < -0.3 is 10.8 Å². The average Bonchev–Trinajstić information content (AvgIpc) is 2.45. The third-order valence-electron chi connectivity index (χ3n) is 4.95. The Morgan fingerprint density at radius 1 is 1.24 bits per heavy atom. The van der Waals surface area contributed by atoms with Gasteiger partial charge in [-0.2, -0.15) is 0 Å². The largest absolute Gasteiger partial charge is 0.390 e. The molecular weight excluding hydrogens is 260 g/mol. The van der Waals surface area contributed by atoms with E-state index in [1.807, 2.05) is 18.2 Å². The molecular formula is C18H30N2O. The Morgan fingerprint density at radius 2 is 1.90 bits per heavy atom. The first-order valence-electron chi connectivity index (χ1n) is 8.19. The fraction of sp³-hybridized carbons (Fsp3) is 0.667. The lowest BCUT2D eigenvalue weighted by Crippen LogP contribution is -2.52. The second kappa shape index (κ2) is 7.39. The van der Waals surface area contributed by atoms with Gasteiger partial charge in [-0.05, 0) is 37.2 Å². The normalized spacial score (nSPS) is 30.0. The van der Waals surface area contributed by atoms with Gasteiger partial charge in [0.1, 0.15) is 0 Å². The van der Waals surface area contributed by atoms with E-state index in [0.717, 1.165) is 13.0 Å². The van der Waals surface area contributed by atoms with Crippen LogP contribution in [0.4, 0.5) is 0 Å². The molecule has 0 amide bonds. The Morgan fingerprint density at radius 3 is 2.57 bits per heavy atom. The average molecular weight is 290 g/mol. The van der Waals surface area contributed by atoms with Crippen LogP contribution in [0.3, 0.4) is 0 Å². The number of hydrogen-bond donors (Lipinski definition) is 2. The molecule has 118 valence electrons. The van der Waals surface area contributed by atoms with Crippen molar-refractivity contribution in [3.8, 4) is 0 Å².